The second kappa shape index (κ2) is 11.9. The van der Waals surface area contributed by atoms with E-state index in [0.717, 1.165) is 16.8 Å². The van der Waals surface area contributed by atoms with Crippen LogP contribution in [0.2, 0.25) is 0 Å². The molecule has 2 N–H and O–H groups in total. The molecule has 1 heterocycles. The van der Waals surface area contributed by atoms with Gasteiger partial charge in [-0.1, -0.05) is 48.2 Å². The molecule has 190 valence electrons. The molecule has 0 saturated heterocycles. The first-order valence-electron chi connectivity index (χ1n) is 11.6. The Kier molecular flexibility index (Phi) is 8.93. The van der Waals surface area contributed by atoms with Gasteiger partial charge in [0.2, 0.25) is 5.91 Å². The van der Waals surface area contributed by atoms with Crippen LogP contribution in [0.5, 0.6) is 0 Å². The van der Waals surface area contributed by atoms with Crippen LogP contribution in [0.4, 0.5) is 22.0 Å². The molecule has 2 aromatic carbocycles. The van der Waals surface area contributed by atoms with Crippen molar-refractivity contribution in [1.29, 1.82) is 0 Å². The van der Waals surface area contributed by atoms with Crippen LogP contribution in [-0.2, 0) is 16.1 Å². The van der Waals surface area contributed by atoms with E-state index in [9.17, 15) is 9.59 Å². The zero-order valence-electron chi connectivity index (χ0n) is 21.5. The molecule has 0 aliphatic heterocycles. The molecule has 1 atom stereocenters. The monoisotopic (exact) mass is 507 g/mol. The topological polar surface area (TPSA) is 96.5 Å². The Hall–Kier alpha value is -3.59. The van der Waals surface area contributed by atoms with Gasteiger partial charge in [0.15, 0.2) is 5.16 Å². The molecule has 0 fully saturated rings. The lowest BCUT2D eigenvalue weighted by molar-refractivity contribution is -0.131. The summed E-state index contributed by atoms with van der Waals surface area (Å²) in [6, 6.07) is 17.1. The van der Waals surface area contributed by atoms with Crippen molar-refractivity contribution in [3.8, 4) is 0 Å². The van der Waals surface area contributed by atoms with Crippen molar-refractivity contribution < 1.29 is 14.3 Å². The fraction of sp³-hybridized carbons (Fsp3) is 0.333. The van der Waals surface area contributed by atoms with Gasteiger partial charge in [-0.05, 0) is 57.7 Å². The third-order valence-corrected chi connectivity index (χ3v) is 5.85. The van der Waals surface area contributed by atoms with Crippen LogP contribution in [0, 0.1) is 0 Å². The second-order valence-corrected chi connectivity index (χ2v) is 10.1. The highest BCUT2D eigenvalue weighted by atomic mass is 32.2. The number of anilines is 3. The molecule has 9 heteroatoms. The van der Waals surface area contributed by atoms with Crippen molar-refractivity contribution in [3.05, 3.63) is 71.9 Å². The molecule has 8 nitrogen and oxygen atoms in total. The van der Waals surface area contributed by atoms with E-state index in [1.54, 1.807) is 30.2 Å². The van der Waals surface area contributed by atoms with Crippen LogP contribution in [0.1, 0.15) is 51.8 Å². The Morgan fingerprint density at radius 1 is 1.08 bits per heavy atom. The average molecular weight is 508 g/mol. The minimum absolute atomic E-state index is 0.0465. The first-order chi connectivity index (χ1) is 17.1. The number of hydrogen-bond acceptors (Lipinski definition) is 7. The smallest absolute Gasteiger partial charge is 0.412 e. The van der Waals surface area contributed by atoms with Crippen LogP contribution in [0.25, 0.3) is 0 Å². The highest BCUT2D eigenvalue weighted by Crippen LogP contribution is 2.28. The molecule has 3 rings (SSSR count). The zero-order valence-corrected chi connectivity index (χ0v) is 22.3. The number of nitrogens with zero attached hydrogens (tertiary/aromatic N) is 3. The summed E-state index contributed by atoms with van der Waals surface area (Å²) in [5, 5.41) is 6.69. The number of carbonyl (C=O) groups excluding carboxylic acids is 2. The van der Waals surface area contributed by atoms with Crippen molar-refractivity contribution in [2.45, 2.75) is 58.0 Å². The van der Waals surface area contributed by atoms with Crippen molar-refractivity contribution >= 4 is 41.0 Å². The van der Waals surface area contributed by atoms with Crippen LogP contribution in [0.3, 0.4) is 0 Å². The van der Waals surface area contributed by atoms with E-state index < -0.39 is 11.7 Å². The van der Waals surface area contributed by atoms with Gasteiger partial charge in [-0.15, -0.1) is 0 Å². The molecule has 1 unspecified atom stereocenters. The summed E-state index contributed by atoms with van der Waals surface area (Å²) in [6.07, 6.45) is 3.13. The fourth-order valence-corrected chi connectivity index (χ4v) is 3.90. The predicted octanol–water partition coefficient (Wildman–Crippen LogP) is 6.40. The molecule has 1 aromatic heterocycles. The molecule has 0 aliphatic carbocycles. The summed E-state index contributed by atoms with van der Waals surface area (Å²) in [6.45, 7) is 9.34. The lowest BCUT2D eigenvalue weighted by atomic mass is 10.1. The van der Waals surface area contributed by atoms with Gasteiger partial charge in [0, 0.05) is 30.1 Å². The summed E-state index contributed by atoms with van der Waals surface area (Å²) in [5.74, 6) is 0.546. The fourth-order valence-electron chi connectivity index (χ4n) is 3.56. The normalized spacial score (nSPS) is 11.9. The minimum Gasteiger partial charge on any atom is -0.444 e. The lowest BCUT2D eigenvalue weighted by Crippen LogP contribution is -2.31. The molecule has 36 heavy (non-hydrogen) atoms. The first kappa shape index (κ1) is 27.0. The number of carbonyl (C=O) groups is 2. The summed E-state index contributed by atoms with van der Waals surface area (Å²) in [4.78, 5) is 35.7. The average Bonchev–Trinajstić information content (AvgIpc) is 2.82. The minimum atomic E-state index is -0.594. The largest absolute Gasteiger partial charge is 0.444 e. The molecular formula is C27H33N5O3S. The Balaban J connectivity index is 1.85. The number of rotatable bonds is 8. The van der Waals surface area contributed by atoms with Gasteiger partial charge in [0.25, 0.3) is 0 Å². The number of nitrogens with one attached hydrogen (secondary N) is 2. The number of hydrogen-bond donors (Lipinski definition) is 2. The van der Waals surface area contributed by atoms with Crippen molar-refractivity contribution in [2.24, 2.45) is 0 Å². The Bertz CT molecular complexity index is 1200. The molecule has 2 amide bonds. The van der Waals surface area contributed by atoms with E-state index in [-0.39, 0.29) is 11.9 Å². The molecule has 0 bridgehead atoms. The summed E-state index contributed by atoms with van der Waals surface area (Å²) < 4.78 is 5.34. The second-order valence-electron chi connectivity index (χ2n) is 9.30. The molecule has 3 aromatic rings. The van der Waals surface area contributed by atoms with Gasteiger partial charge < -0.3 is 15.0 Å². The first-order valence-corrected chi connectivity index (χ1v) is 12.9. The van der Waals surface area contributed by atoms with Crippen LogP contribution in [-0.4, -0.2) is 38.7 Å². The summed E-state index contributed by atoms with van der Waals surface area (Å²) in [5.41, 5.74) is 2.53. The van der Waals surface area contributed by atoms with Crippen LogP contribution >= 0.6 is 11.8 Å². The van der Waals surface area contributed by atoms with Crippen LogP contribution in [0.15, 0.2) is 66.0 Å². The maximum absolute atomic E-state index is 12.6. The third kappa shape index (κ3) is 7.71. The maximum atomic E-state index is 12.6. The van der Waals surface area contributed by atoms with E-state index in [4.69, 9.17) is 4.74 Å². The maximum Gasteiger partial charge on any atom is 0.412 e. The third-order valence-electron chi connectivity index (χ3n) is 5.29. The van der Waals surface area contributed by atoms with Gasteiger partial charge in [-0.2, -0.15) is 0 Å². The number of ether oxygens (including phenoxy) is 1. The molecule has 0 spiro atoms. The zero-order chi connectivity index (χ0) is 26.3. The standard InChI is InChI=1S/C27H33N5O3S/c1-18(20-11-8-7-9-12-20)32(19(2)33)17-21-16-28-25(36-6)31-24(21)29-22-13-10-14-23(15-22)30-26(34)35-27(3,4)5/h7-16,18H,17H2,1-6H3,(H,30,34)(H,28,29,31). The summed E-state index contributed by atoms with van der Waals surface area (Å²) >= 11 is 1.43. The van der Waals surface area contributed by atoms with Gasteiger partial charge in [0.1, 0.15) is 11.4 Å². The number of amides is 2. The van der Waals surface area contributed by atoms with Crippen molar-refractivity contribution in [1.82, 2.24) is 14.9 Å². The molecule has 0 saturated carbocycles. The highest BCUT2D eigenvalue weighted by molar-refractivity contribution is 7.98. The van der Waals surface area contributed by atoms with Crippen molar-refractivity contribution in [2.75, 3.05) is 16.9 Å². The Morgan fingerprint density at radius 2 is 1.78 bits per heavy atom. The molecule has 0 radical (unpaired) electrons. The van der Waals surface area contributed by atoms with Gasteiger partial charge in [0.05, 0.1) is 12.6 Å². The van der Waals surface area contributed by atoms with E-state index in [2.05, 4.69) is 20.6 Å². The number of aromatic nitrogens is 2. The predicted molar refractivity (Wildman–Crippen MR) is 144 cm³/mol. The molecule has 0 aliphatic rings. The van der Waals surface area contributed by atoms with E-state index in [1.807, 2.05) is 76.4 Å². The Labute approximate surface area is 216 Å². The van der Waals surface area contributed by atoms with Gasteiger partial charge in [-0.3, -0.25) is 10.1 Å². The van der Waals surface area contributed by atoms with E-state index >= 15 is 0 Å². The highest BCUT2D eigenvalue weighted by Gasteiger charge is 2.21. The van der Waals surface area contributed by atoms with Crippen LogP contribution < -0.4 is 10.6 Å². The van der Waals surface area contributed by atoms with E-state index in [1.165, 1.54) is 11.8 Å². The lowest BCUT2D eigenvalue weighted by Gasteiger charge is -2.29. The van der Waals surface area contributed by atoms with Gasteiger partial charge in [-0.25, -0.2) is 14.8 Å². The Morgan fingerprint density at radius 3 is 2.42 bits per heavy atom. The molecular weight excluding hydrogens is 474 g/mol. The summed E-state index contributed by atoms with van der Waals surface area (Å²) in [7, 11) is 0. The van der Waals surface area contributed by atoms with Crippen molar-refractivity contribution in [3.63, 3.8) is 0 Å². The number of benzene rings is 2. The number of thioether (sulfide) groups is 1. The SMILES string of the molecule is CSc1ncc(CN(C(C)=O)C(C)c2ccccc2)c(Nc2cccc(NC(=O)OC(C)(C)C)c2)n1. The van der Waals surface area contributed by atoms with E-state index in [0.29, 0.717) is 23.2 Å². The van der Waals surface area contributed by atoms with Gasteiger partial charge >= 0.3 is 6.09 Å². The quantitative estimate of drug-likeness (QED) is 0.269.